The van der Waals surface area contributed by atoms with Crippen LogP contribution in [0, 0.1) is 15.5 Å². The van der Waals surface area contributed by atoms with Gasteiger partial charge in [0.1, 0.15) is 12.0 Å². The van der Waals surface area contributed by atoms with Crippen molar-refractivity contribution in [2.75, 3.05) is 37.7 Å². The van der Waals surface area contributed by atoms with Crippen molar-refractivity contribution in [3.8, 4) is 22.9 Å². The maximum Gasteiger partial charge on any atom is 0.316 e. The molecule has 2 aromatic carbocycles. The van der Waals surface area contributed by atoms with Crippen molar-refractivity contribution in [1.82, 2.24) is 19.1 Å². The molecule has 0 N–H and O–H groups in total. The van der Waals surface area contributed by atoms with E-state index in [1.807, 2.05) is 4.90 Å². The number of ether oxygens (including phenoxy) is 1. The number of nitrogens with zero attached hydrogens (tertiary/aromatic N) is 6. The second kappa shape index (κ2) is 11.7. The van der Waals surface area contributed by atoms with E-state index in [-0.39, 0.29) is 54.5 Å². The van der Waals surface area contributed by atoms with Crippen LogP contribution < -0.4 is 15.2 Å². The Kier molecular flexibility index (Phi) is 7.90. The van der Waals surface area contributed by atoms with Gasteiger partial charge in [0.2, 0.25) is 21.7 Å². The predicted molar refractivity (Wildman–Crippen MR) is 163 cm³/mol. The number of hydrogen-bond donors (Lipinski definition) is 0. The summed E-state index contributed by atoms with van der Waals surface area (Å²) < 4.78 is 40.9. The summed E-state index contributed by atoms with van der Waals surface area (Å²) in [6, 6.07) is 10.9. The summed E-state index contributed by atoms with van der Waals surface area (Å²) in [6.07, 6.45) is 6.36. The molecule has 3 heterocycles. The highest BCUT2D eigenvalue weighted by molar-refractivity contribution is 7.88. The van der Waals surface area contributed by atoms with Gasteiger partial charge in [-0.05, 0) is 43.2 Å². The number of oxazole rings is 1. The number of hydrogen-bond acceptors (Lipinski definition) is 10. The van der Waals surface area contributed by atoms with Crippen LogP contribution in [0.1, 0.15) is 25.3 Å². The monoisotopic (exact) mass is 640 g/mol. The normalized spacial score (nSPS) is 16.5. The molecule has 13 nitrogen and oxygen atoms in total. The van der Waals surface area contributed by atoms with Crippen molar-refractivity contribution < 1.29 is 22.5 Å². The van der Waals surface area contributed by atoms with E-state index in [9.17, 15) is 23.3 Å². The van der Waals surface area contributed by atoms with Crippen molar-refractivity contribution in [3.05, 3.63) is 92.2 Å². The smallest absolute Gasteiger partial charge is 0.316 e. The van der Waals surface area contributed by atoms with E-state index in [1.165, 1.54) is 39.6 Å². The molecular weight excluding hydrogens is 612 g/mol. The van der Waals surface area contributed by atoms with E-state index in [2.05, 4.69) is 17.0 Å². The van der Waals surface area contributed by atoms with E-state index in [4.69, 9.17) is 20.8 Å². The van der Waals surface area contributed by atoms with Crippen LogP contribution in [-0.2, 0) is 15.8 Å². The zero-order valence-corrected chi connectivity index (χ0v) is 25.3. The van der Waals surface area contributed by atoms with Gasteiger partial charge in [0.05, 0.1) is 35.4 Å². The Labute approximate surface area is 257 Å². The van der Waals surface area contributed by atoms with Gasteiger partial charge in [-0.1, -0.05) is 24.6 Å². The lowest BCUT2D eigenvalue weighted by molar-refractivity contribution is -0.385. The number of rotatable bonds is 10. The average molecular weight is 641 g/mol. The molecule has 1 aliphatic heterocycles. The van der Waals surface area contributed by atoms with Crippen LogP contribution in [0.25, 0.3) is 17.1 Å². The van der Waals surface area contributed by atoms with Gasteiger partial charge in [-0.25, -0.2) is 13.4 Å². The summed E-state index contributed by atoms with van der Waals surface area (Å²) >= 11 is 6.15. The topological polar surface area (TPSA) is 154 Å². The molecule has 0 amide bonds. The first kappa shape index (κ1) is 29.8. The van der Waals surface area contributed by atoms with E-state index < -0.39 is 26.3 Å². The molecule has 6 rings (SSSR count). The molecule has 0 unspecified atom stereocenters. The molecule has 0 atom stereocenters. The van der Waals surface area contributed by atoms with Crippen molar-refractivity contribution >= 4 is 33.0 Å². The fourth-order valence-electron chi connectivity index (χ4n) is 5.06. The molecule has 2 fully saturated rings. The summed E-state index contributed by atoms with van der Waals surface area (Å²) in [7, 11) is -3.94. The number of halogens is 1. The Morgan fingerprint density at radius 2 is 1.91 bits per heavy atom. The third-order valence-corrected chi connectivity index (χ3v) is 9.96. The van der Waals surface area contributed by atoms with Crippen LogP contribution in [-0.4, -0.2) is 65.2 Å². The fraction of sp³-hybridized carbons (Fsp3) is 0.345. The quantitative estimate of drug-likeness (QED) is 0.181. The van der Waals surface area contributed by atoms with Crippen LogP contribution in [0.15, 0.2) is 70.3 Å². The highest BCUT2D eigenvalue weighted by atomic mass is 35.5. The minimum absolute atomic E-state index is 0.00750. The highest BCUT2D eigenvalue weighted by Gasteiger charge is 2.39. The van der Waals surface area contributed by atoms with Crippen molar-refractivity contribution in [2.45, 2.75) is 25.5 Å². The van der Waals surface area contributed by atoms with Gasteiger partial charge in [-0.3, -0.25) is 14.9 Å². The summed E-state index contributed by atoms with van der Waals surface area (Å²) in [5.41, 5.74) is 0.696. The standard InChI is InChI=1S/C29H29ClN6O7S/c1-29(7-8-29)19-43-26-25(17-32-35(28(26)37)23-4-2-3-22(30)16-23)33-10-12-34(13-11-33)44(40,41)18-21-15-20(27-31-9-14-42-27)5-6-24(21)36(38)39/h2-6,9,14-17H,7-8,10-13,18-19H2,1H3. The Morgan fingerprint density at radius 1 is 1.14 bits per heavy atom. The molecule has 1 aliphatic carbocycles. The summed E-state index contributed by atoms with van der Waals surface area (Å²) in [5, 5.41) is 16.5. The Balaban J connectivity index is 1.23. The summed E-state index contributed by atoms with van der Waals surface area (Å²) in [5.74, 6) is -0.197. The molecule has 4 aromatic rings. The van der Waals surface area contributed by atoms with Crippen LogP contribution in [0.2, 0.25) is 5.02 Å². The van der Waals surface area contributed by atoms with Gasteiger partial charge >= 0.3 is 5.56 Å². The first-order valence-corrected chi connectivity index (χ1v) is 15.9. The zero-order chi connectivity index (χ0) is 31.1. The molecule has 44 heavy (non-hydrogen) atoms. The maximum atomic E-state index is 13.6. The lowest BCUT2D eigenvalue weighted by atomic mass is 10.1. The van der Waals surface area contributed by atoms with Crippen LogP contribution in [0.5, 0.6) is 5.75 Å². The van der Waals surface area contributed by atoms with E-state index in [1.54, 1.807) is 30.5 Å². The van der Waals surface area contributed by atoms with Crippen LogP contribution in [0.3, 0.4) is 0 Å². The van der Waals surface area contributed by atoms with Crippen LogP contribution in [0.4, 0.5) is 11.4 Å². The Bertz CT molecular complexity index is 1870. The molecule has 15 heteroatoms. The molecule has 2 aliphatic rings. The van der Waals surface area contributed by atoms with Crippen molar-refractivity contribution in [3.63, 3.8) is 0 Å². The maximum absolute atomic E-state index is 13.6. The molecule has 230 valence electrons. The number of piperazine rings is 1. The second-order valence-corrected chi connectivity index (χ2v) is 13.6. The molecule has 1 saturated heterocycles. The molecule has 0 bridgehead atoms. The fourth-order valence-corrected chi connectivity index (χ4v) is 6.77. The molecule has 0 spiro atoms. The molecule has 2 aromatic heterocycles. The zero-order valence-electron chi connectivity index (χ0n) is 23.8. The largest absolute Gasteiger partial charge is 0.486 e. The Morgan fingerprint density at radius 3 is 2.57 bits per heavy atom. The number of anilines is 1. The molecular formula is C29H29ClN6O7S. The number of nitro groups is 1. The first-order valence-electron chi connectivity index (χ1n) is 13.9. The number of aromatic nitrogens is 3. The third-order valence-electron chi connectivity index (χ3n) is 7.90. The lowest BCUT2D eigenvalue weighted by Crippen LogP contribution is -2.49. The van der Waals surface area contributed by atoms with E-state index in [0.29, 0.717) is 28.6 Å². The highest BCUT2D eigenvalue weighted by Crippen LogP contribution is 2.45. The minimum atomic E-state index is -3.94. The van der Waals surface area contributed by atoms with Gasteiger partial charge in [-0.15, -0.1) is 0 Å². The number of nitro benzene ring substituents is 1. The van der Waals surface area contributed by atoms with Gasteiger partial charge in [0, 0.05) is 53.8 Å². The lowest BCUT2D eigenvalue weighted by Gasteiger charge is -2.35. The van der Waals surface area contributed by atoms with Gasteiger partial charge < -0.3 is 14.1 Å². The first-order chi connectivity index (χ1) is 21.0. The van der Waals surface area contributed by atoms with Crippen molar-refractivity contribution in [1.29, 1.82) is 0 Å². The predicted octanol–water partition coefficient (Wildman–Crippen LogP) is 4.28. The minimum Gasteiger partial charge on any atom is -0.486 e. The second-order valence-electron chi connectivity index (χ2n) is 11.2. The Hall–Kier alpha value is -4.27. The van der Waals surface area contributed by atoms with E-state index >= 15 is 0 Å². The average Bonchev–Trinajstić information content (AvgIpc) is 3.48. The molecule has 1 saturated carbocycles. The SMILES string of the molecule is CC1(COc2c(N3CCN(S(=O)(=O)Cc4cc(-c5ncco5)ccc4[N+](=O)[O-])CC3)cnn(-c3cccc(Cl)c3)c2=O)CC1. The molecule has 0 radical (unpaired) electrons. The van der Waals surface area contributed by atoms with Gasteiger partial charge in [0.15, 0.2) is 0 Å². The van der Waals surface area contributed by atoms with Gasteiger partial charge in [-0.2, -0.15) is 14.1 Å². The number of sulfonamides is 1. The van der Waals surface area contributed by atoms with Gasteiger partial charge in [0.25, 0.3) is 5.69 Å². The third kappa shape index (κ3) is 6.18. The summed E-state index contributed by atoms with van der Waals surface area (Å²) in [6.45, 7) is 3.18. The number of benzene rings is 2. The van der Waals surface area contributed by atoms with Crippen LogP contribution >= 0.6 is 11.6 Å². The summed E-state index contributed by atoms with van der Waals surface area (Å²) in [4.78, 5) is 30.6. The van der Waals surface area contributed by atoms with Crippen molar-refractivity contribution in [2.24, 2.45) is 5.41 Å². The van der Waals surface area contributed by atoms with E-state index in [0.717, 1.165) is 12.8 Å².